The summed E-state index contributed by atoms with van der Waals surface area (Å²) in [6.45, 7) is 2.00. The minimum absolute atomic E-state index is 0.218. The van der Waals surface area contributed by atoms with Gasteiger partial charge in [-0.1, -0.05) is 0 Å². The van der Waals surface area contributed by atoms with E-state index in [2.05, 4.69) is 20.6 Å². The highest BCUT2D eigenvalue weighted by atomic mass is 19.1. The zero-order valence-corrected chi connectivity index (χ0v) is 12.4. The van der Waals surface area contributed by atoms with Crippen molar-refractivity contribution in [3.05, 3.63) is 54.5 Å². The molecule has 0 aliphatic rings. The van der Waals surface area contributed by atoms with Crippen LogP contribution in [0.1, 0.15) is 12.7 Å². The Morgan fingerprint density at radius 2 is 2.22 bits per heavy atom. The van der Waals surface area contributed by atoms with Crippen LogP contribution in [0.25, 0.3) is 10.9 Å². The first kappa shape index (κ1) is 15.0. The Labute approximate surface area is 131 Å². The van der Waals surface area contributed by atoms with Gasteiger partial charge in [-0.3, -0.25) is 4.79 Å². The van der Waals surface area contributed by atoms with E-state index in [-0.39, 0.29) is 11.7 Å². The van der Waals surface area contributed by atoms with Crippen molar-refractivity contribution >= 4 is 22.6 Å². The van der Waals surface area contributed by atoms with Crippen molar-refractivity contribution in [2.24, 2.45) is 0 Å². The molecule has 1 amide bonds. The van der Waals surface area contributed by atoms with Crippen molar-refractivity contribution in [1.29, 1.82) is 0 Å². The number of nitrogens with one attached hydrogen (secondary N) is 2. The topological polar surface area (TPSA) is 80.0 Å². The van der Waals surface area contributed by atoms with E-state index in [0.717, 1.165) is 0 Å². The molecule has 2 aromatic heterocycles. The van der Waals surface area contributed by atoms with E-state index in [9.17, 15) is 9.18 Å². The number of hydrogen-bond donors (Lipinski definition) is 2. The first-order chi connectivity index (χ1) is 11.1. The van der Waals surface area contributed by atoms with Crippen molar-refractivity contribution in [3.8, 4) is 0 Å². The SMILES string of the molecule is CC(Nc1ncnc2ccc(F)cc12)C(=O)NCc1ccco1. The quantitative estimate of drug-likeness (QED) is 0.756. The summed E-state index contributed by atoms with van der Waals surface area (Å²) in [5.41, 5.74) is 0.604. The van der Waals surface area contributed by atoms with E-state index >= 15 is 0 Å². The number of anilines is 1. The van der Waals surface area contributed by atoms with Crippen molar-refractivity contribution in [1.82, 2.24) is 15.3 Å². The lowest BCUT2D eigenvalue weighted by atomic mass is 10.2. The molecule has 0 spiro atoms. The molecule has 0 aliphatic heterocycles. The first-order valence-electron chi connectivity index (χ1n) is 7.10. The number of furan rings is 1. The van der Waals surface area contributed by atoms with Crippen LogP contribution >= 0.6 is 0 Å². The van der Waals surface area contributed by atoms with Gasteiger partial charge in [0.05, 0.1) is 18.3 Å². The van der Waals surface area contributed by atoms with Gasteiger partial charge < -0.3 is 15.1 Å². The molecule has 7 heteroatoms. The molecule has 0 aliphatic carbocycles. The number of nitrogens with zero attached hydrogens (tertiary/aromatic N) is 2. The summed E-state index contributed by atoms with van der Waals surface area (Å²) in [6.07, 6.45) is 2.92. The predicted molar refractivity (Wildman–Crippen MR) is 83.1 cm³/mol. The third-order valence-corrected chi connectivity index (χ3v) is 3.36. The highest BCUT2D eigenvalue weighted by molar-refractivity contribution is 5.91. The van der Waals surface area contributed by atoms with Gasteiger partial charge in [-0.25, -0.2) is 14.4 Å². The minimum Gasteiger partial charge on any atom is -0.467 e. The minimum atomic E-state index is -0.550. The average molecular weight is 314 g/mol. The Hall–Kier alpha value is -2.96. The van der Waals surface area contributed by atoms with Crippen LogP contribution < -0.4 is 10.6 Å². The molecule has 0 saturated heterocycles. The molecule has 0 fully saturated rings. The van der Waals surface area contributed by atoms with Crippen LogP contribution in [0.15, 0.2) is 47.3 Å². The summed E-state index contributed by atoms with van der Waals surface area (Å²) in [4.78, 5) is 20.3. The number of amides is 1. The largest absolute Gasteiger partial charge is 0.467 e. The van der Waals surface area contributed by atoms with Crippen LogP contribution in [0.4, 0.5) is 10.2 Å². The molecule has 0 radical (unpaired) electrons. The van der Waals surface area contributed by atoms with E-state index in [1.54, 1.807) is 31.4 Å². The normalized spacial score (nSPS) is 12.1. The number of halogens is 1. The zero-order valence-electron chi connectivity index (χ0n) is 12.4. The van der Waals surface area contributed by atoms with E-state index in [1.807, 2.05) is 0 Å². The van der Waals surface area contributed by atoms with E-state index < -0.39 is 6.04 Å². The highest BCUT2D eigenvalue weighted by Gasteiger charge is 2.15. The Morgan fingerprint density at radius 3 is 3.00 bits per heavy atom. The molecule has 0 saturated carbocycles. The van der Waals surface area contributed by atoms with Crippen molar-refractivity contribution in [3.63, 3.8) is 0 Å². The molecule has 23 heavy (non-hydrogen) atoms. The summed E-state index contributed by atoms with van der Waals surface area (Å²) < 4.78 is 18.6. The summed E-state index contributed by atoms with van der Waals surface area (Å²) in [6, 6.07) is 7.22. The van der Waals surface area contributed by atoms with E-state index in [4.69, 9.17) is 4.42 Å². The van der Waals surface area contributed by atoms with E-state index in [1.165, 1.54) is 18.5 Å². The maximum Gasteiger partial charge on any atom is 0.242 e. The Balaban J connectivity index is 1.71. The van der Waals surface area contributed by atoms with E-state index in [0.29, 0.717) is 29.0 Å². The van der Waals surface area contributed by atoms with Crippen LogP contribution in [-0.2, 0) is 11.3 Å². The third kappa shape index (κ3) is 3.45. The number of aromatic nitrogens is 2. The molecule has 2 N–H and O–H groups in total. The summed E-state index contributed by atoms with van der Waals surface area (Å²) in [5.74, 6) is 0.477. The first-order valence-corrected chi connectivity index (χ1v) is 7.10. The van der Waals surface area contributed by atoms with Gasteiger partial charge >= 0.3 is 0 Å². The number of benzene rings is 1. The van der Waals surface area contributed by atoms with Gasteiger partial charge in [-0.05, 0) is 37.3 Å². The molecule has 1 aromatic carbocycles. The van der Waals surface area contributed by atoms with Crippen molar-refractivity contribution in [2.45, 2.75) is 19.5 Å². The van der Waals surface area contributed by atoms with Crippen LogP contribution in [0.2, 0.25) is 0 Å². The van der Waals surface area contributed by atoms with Gasteiger partial charge in [0.15, 0.2) is 0 Å². The smallest absolute Gasteiger partial charge is 0.242 e. The molecule has 118 valence electrons. The van der Waals surface area contributed by atoms with Gasteiger partial charge in [0, 0.05) is 5.39 Å². The van der Waals surface area contributed by atoms with Crippen LogP contribution in [-0.4, -0.2) is 21.9 Å². The lowest BCUT2D eigenvalue weighted by molar-refractivity contribution is -0.121. The molecular formula is C16H15FN4O2. The lowest BCUT2D eigenvalue weighted by Gasteiger charge is -2.15. The van der Waals surface area contributed by atoms with Gasteiger partial charge in [0.2, 0.25) is 5.91 Å². The summed E-state index contributed by atoms with van der Waals surface area (Å²) in [7, 11) is 0. The Morgan fingerprint density at radius 1 is 1.35 bits per heavy atom. The lowest BCUT2D eigenvalue weighted by Crippen LogP contribution is -2.37. The van der Waals surface area contributed by atoms with Crippen molar-refractivity contribution < 1.29 is 13.6 Å². The molecule has 1 atom stereocenters. The monoisotopic (exact) mass is 314 g/mol. The molecule has 0 bridgehead atoms. The summed E-state index contributed by atoms with van der Waals surface area (Å²) >= 11 is 0. The summed E-state index contributed by atoms with van der Waals surface area (Å²) in [5, 5.41) is 6.26. The number of carbonyl (C=O) groups is 1. The second-order valence-corrected chi connectivity index (χ2v) is 5.05. The van der Waals surface area contributed by atoms with Gasteiger partial charge in [-0.15, -0.1) is 0 Å². The van der Waals surface area contributed by atoms with Crippen LogP contribution in [0.3, 0.4) is 0 Å². The standard InChI is InChI=1S/C16H15FN4O2/c1-10(16(22)18-8-12-3-2-6-23-12)21-15-13-7-11(17)4-5-14(13)19-9-20-15/h2-7,9-10H,8H2,1H3,(H,18,22)(H,19,20,21). The molecule has 3 rings (SSSR count). The highest BCUT2D eigenvalue weighted by Crippen LogP contribution is 2.20. The fraction of sp³-hybridized carbons (Fsp3) is 0.188. The Kier molecular flexibility index (Phi) is 4.18. The Bertz CT molecular complexity index is 820. The molecule has 1 unspecified atom stereocenters. The number of rotatable bonds is 5. The van der Waals surface area contributed by atoms with Crippen LogP contribution in [0.5, 0.6) is 0 Å². The second-order valence-electron chi connectivity index (χ2n) is 5.05. The zero-order chi connectivity index (χ0) is 16.2. The number of carbonyl (C=O) groups excluding carboxylic acids is 1. The van der Waals surface area contributed by atoms with Gasteiger partial charge in [-0.2, -0.15) is 0 Å². The fourth-order valence-electron chi connectivity index (χ4n) is 2.15. The predicted octanol–water partition coefficient (Wildman–Crippen LogP) is 2.48. The second kappa shape index (κ2) is 6.43. The maximum atomic E-state index is 13.4. The van der Waals surface area contributed by atoms with Crippen molar-refractivity contribution in [2.75, 3.05) is 5.32 Å². The van der Waals surface area contributed by atoms with Gasteiger partial charge in [0.25, 0.3) is 0 Å². The average Bonchev–Trinajstić information content (AvgIpc) is 3.06. The molecule has 3 aromatic rings. The number of fused-ring (bicyclic) bond motifs is 1. The molecule has 2 heterocycles. The molecule has 6 nitrogen and oxygen atoms in total. The maximum absolute atomic E-state index is 13.4. The van der Waals surface area contributed by atoms with Crippen LogP contribution in [0, 0.1) is 5.82 Å². The number of hydrogen-bond acceptors (Lipinski definition) is 5. The third-order valence-electron chi connectivity index (χ3n) is 3.36. The van der Waals surface area contributed by atoms with Gasteiger partial charge in [0.1, 0.15) is 29.8 Å². The molecular weight excluding hydrogens is 299 g/mol. The fourth-order valence-corrected chi connectivity index (χ4v) is 2.15.